The number of para-hydroxylation sites is 1. The first kappa shape index (κ1) is 33.0. The number of aliphatic hydroxyl groups excluding tert-OH is 1. The van der Waals surface area contributed by atoms with Crippen LogP contribution in [0.25, 0.3) is 0 Å². The highest BCUT2D eigenvalue weighted by Gasteiger charge is 2.32. The number of methoxy groups -OCH3 is 2. The van der Waals surface area contributed by atoms with Crippen LogP contribution in [-0.4, -0.2) is 57.0 Å². The minimum Gasteiger partial charge on any atom is -0.493 e. The molecule has 0 spiro atoms. The van der Waals surface area contributed by atoms with Gasteiger partial charge in [0.1, 0.15) is 13.2 Å². The molecule has 12 nitrogen and oxygen atoms in total. The van der Waals surface area contributed by atoms with Gasteiger partial charge in [0, 0.05) is 16.3 Å². The first-order valence-corrected chi connectivity index (χ1v) is 14.4. The van der Waals surface area contributed by atoms with Crippen molar-refractivity contribution >= 4 is 29.8 Å². The van der Waals surface area contributed by atoms with Gasteiger partial charge in [-0.05, 0) is 61.4 Å². The van der Waals surface area contributed by atoms with Gasteiger partial charge in [0.2, 0.25) is 0 Å². The fourth-order valence-electron chi connectivity index (χ4n) is 4.50. The van der Waals surface area contributed by atoms with Crippen LogP contribution >= 0.6 is 11.6 Å². The van der Waals surface area contributed by atoms with Gasteiger partial charge in [0.25, 0.3) is 0 Å². The Morgan fingerprint density at radius 3 is 2.56 bits per heavy atom. The summed E-state index contributed by atoms with van der Waals surface area (Å²) in [5.74, 6) is 1.14. The van der Waals surface area contributed by atoms with E-state index < -0.39 is 24.3 Å². The number of carbonyl (C=O) groups is 2. The minimum absolute atomic E-state index is 0.175. The second-order valence-corrected chi connectivity index (χ2v) is 10.1. The van der Waals surface area contributed by atoms with Crippen molar-refractivity contribution in [3.8, 4) is 23.0 Å². The van der Waals surface area contributed by atoms with Crippen LogP contribution < -0.4 is 35.0 Å². The van der Waals surface area contributed by atoms with E-state index in [9.17, 15) is 14.7 Å². The molecule has 45 heavy (non-hydrogen) atoms. The Morgan fingerprint density at radius 1 is 1.07 bits per heavy atom. The lowest BCUT2D eigenvalue weighted by Crippen LogP contribution is -2.45. The molecule has 2 atom stereocenters. The van der Waals surface area contributed by atoms with Crippen LogP contribution in [0.4, 0.5) is 4.79 Å². The maximum absolute atomic E-state index is 12.5. The third-order valence-corrected chi connectivity index (χ3v) is 6.88. The number of aliphatic hydroxyl groups is 1. The third kappa shape index (κ3) is 8.58. The molecule has 0 bridgehead atoms. The van der Waals surface area contributed by atoms with E-state index in [0.29, 0.717) is 51.5 Å². The first-order valence-electron chi connectivity index (χ1n) is 14.0. The number of halogens is 1. The van der Waals surface area contributed by atoms with Crippen LogP contribution in [0, 0.1) is 0 Å². The number of urea groups is 1. The lowest BCUT2D eigenvalue weighted by molar-refractivity contribution is -0.136. The predicted octanol–water partition coefficient (Wildman–Crippen LogP) is 4.45. The fourth-order valence-corrected chi connectivity index (χ4v) is 4.63. The van der Waals surface area contributed by atoms with E-state index in [1.54, 1.807) is 62.6 Å². The highest BCUT2D eigenvalue weighted by Crippen LogP contribution is 2.35. The molecule has 0 fully saturated rings. The number of allylic oxidation sites excluding steroid dienone is 1. The Labute approximate surface area is 265 Å². The van der Waals surface area contributed by atoms with Crippen LogP contribution in [0.1, 0.15) is 36.6 Å². The molecule has 13 heteroatoms. The number of rotatable bonds is 14. The van der Waals surface area contributed by atoms with Gasteiger partial charge in [-0.3, -0.25) is 5.43 Å². The first-order chi connectivity index (χ1) is 21.7. The molecule has 1 aliphatic heterocycles. The van der Waals surface area contributed by atoms with E-state index in [4.69, 9.17) is 35.3 Å². The van der Waals surface area contributed by atoms with Crippen molar-refractivity contribution in [1.29, 1.82) is 0 Å². The van der Waals surface area contributed by atoms with Crippen molar-refractivity contribution in [1.82, 2.24) is 16.1 Å². The lowest BCUT2D eigenvalue weighted by atomic mass is 9.95. The topological polar surface area (TPSA) is 149 Å². The van der Waals surface area contributed by atoms with Crippen LogP contribution in [0.2, 0.25) is 5.02 Å². The van der Waals surface area contributed by atoms with Gasteiger partial charge in [-0.15, -0.1) is 0 Å². The van der Waals surface area contributed by atoms with Gasteiger partial charge in [0.15, 0.2) is 29.2 Å². The molecule has 3 aromatic rings. The Balaban J connectivity index is 1.42. The number of hydrogen-bond donors (Lipinski definition) is 4. The predicted molar refractivity (Wildman–Crippen MR) is 168 cm³/mol. The second kappa shape index (κ2) is 15.7. The van der Waals surface area contributed by atoms with Crippen LogP contribution in [0.5, 0.6) is 23.0 Å². The van der Waals surface area contributed by atoms with Crippen molar-refractivity contribution in [2.75, 3.05) is 27.4 Å². The molecular weight excluding hydrogens is 604 g/mol. The molecule has 2 amide bonds. The third-order valence-electron chi connectivity index (χ3n) is 6.63. The largest absolute Gasteiger partial charge is 0.493 e. The molecule has 238 valence electrons. The van der Waals surface area contributed by atoms with Crippen LogP contribution in [-0.2, 0) is 16.1 Å². The van der Waals surface area contributed by atoms with Gasteiger partial charge in [-0.25, -0.2) is 9.59 Å². The van der Waals surface area contributed by atoms with Gasteiger partial charge in [-0.2, -0.15) is 5.10 Å². The summed E-state index contributed by atoms with van der Waals surface area (Å²) in [4.78, 5) is 24.6. The average Bonchev–Trinajstić information content (AvgIpc) is 3.03. The normalized spacial score (nSPS) is 15.2. The summed E-state index contributed by atoms with van der Waals surface area (Å²) in [6.45, 7) is 3.87. The molecule has 4 rings (SSSR count). The smallest absolute Gasteiger partial charge is 0.337 e. The van der Waals surface area contributed by atoms with E-state index >= 15 is 0 Å². The molecule has 0 aliphatic carbocycles. The van der Waals surface area contributed by atoms with Gasteiger partial charge in [-0.1, -0.05) is 35.9 Å². The quantitative estimate of drug-likeness (QED) is 0.0870. The number of esters is 1. The van der Waals surface area contributed by atoms with Crippen molar-refractivity contribution in [2.24, 2.45) is 5.10 Å². The zero-order chi connectivity index (χ0) is 32.3. The standard InChI is InChI=1S/C32H35ClN4O8/c1-5-43-26-15-21(29-28(31(39)42-4)19(2)35-32(40)36-29)11-14-24(26)44-18-27(38)37-34-16-22-7-6-8-25(41-3)30(22)45-17-20-9-12-23(33)13-10-20/h6-16,27,29,37-38H,5,17-18H2,1-4H3,(H2,35,36,40)/b34-16+/t27-,29+/m0/s1. The molecule has 3 aromatic carbocycles. The Bertz CT molecular complexity index is 1560. The summed E-state index contributed by atoms with van der Waals surface area (Å²) in [6.07, 6.45) is 0.324. The molecule has 4 N–H and O–H groups in total. The SMILES string of the molecule is CCOc1cc([C@H]2NC(=O)NC(C)=C2C(=O)OC)ccc1OC[C@H](O)N/N=C/c1cccc(OC)c1OCc1ccc(Cl)cc1. The van der Waals surface area contributed by atoms with Crippen molar-refractivity contribution < 1.29 is 38.4 Å². The molecule has 0 radical (unpaired) electrons. The summed E-state index contributed by atoms with van der Waals surface area (Å²) in [6, 6.07) is 16.5. The summed E-state index contributed by atoms with van der Waals surface area (Å²) < 4.78 is 28.0. The van der Waals surface area contributed by atoms with E-state index in [1.807, 2.05) is 19.1 Å². The number of hydrogen-bond acceptors (Lipinski definition) is 10. The van der Waals surface area contributed by atoms with E-state index in [2.05, 4.69) is 21.2 Å². The number of nitrogens with one attached hydrogen (secondary N) is 3. The Morgan fingerprint density at radius 2 is 1.84 bits per heavy atom. The zero-order valence-corrected chi connectivity index (χ0v) is 26.0. The zero-order valence-electron chi connectivity index (χ0n) is 25.3. The number of nitrogens with zero attached hydrogens (tertiary/aromatic N) is 1. The highest BCUT2D eigenvalue weighted by atomic mass is 35.5. The van der Waals surface area contributed by atoms with Crippen LogP contribution in [0.15, 0.2) is 77.0 Å². The van der Waals surface area contributed by atoms with Gasteiger partial charge < -0.3 is 39.4 Å². The summed E-state index contributed by atoms with van der Waals surface area (Å²) in [5, 5.41) is 20.6. The molecule has 1 heterocycles. The summed E-state index contributed by atoms with van der Waals surface area (Å²) in [5.41, 5.74) is 5.41. The maximum Gasteiger partial charge on any atom is 0.337 e. The number of amides is 2. The van der Waals surface area contributed by atoms with Gasteiger partial charge >= 0.3 is 12.0 Å². The number of benzene rings is 3. The van der Waals surface area contributed by atoms with E-state index in [1.165, 1.54) is 13.3 Å². The van der Waals surface area contributed by atoms with Crippen molar-refractivity contribution in [2.45, 2.75) is 32.7 Å². The summed E-state index contributed by atoms with van der Waals surface area (Å²) in [7, 11) is 2.82. The molecule has 1 aliphatic rings. The maximum atomic E-state index is 12.5. The average molecular weight is 639 g/mol. The highest BCUT2D eigenvalue weighted by molar-refractivity contribution is 6.30. The van der Waals surface area contributed by atoms with E-state index in [-0.39, 0.29) is 18.8 Å². The van der Waals surface area contributed by atoms with Crippen molar-refractivity contribution in [3.63, 3.8) is 0 Å². The summed E-state index contributed by atoms with van der Waals surface area (Å²) >= 11 is 5.98. The molecule has 0 saturated heterocycles. The Kier molecular flexibility index (Phi) is 11.5. The fraction of sp³-hybridized carbons (Fsp3) is 0.281. The molecular formula is C32H35ClN4O8. The van der Waals surface area contributed by atoms with Crippen molar-refractivity contribution in [3.05, 3.63) is 93.6 Å². The lowest BCUT2D eigenvalue weighted by Gasteiger charge is -2.28. The molecule has 0 aromatic heterocycles. The number of hydrazone groups is 1. The number of carbonyl (C=O) groups excluding carboxylic acids is 2. The monoisotopic (exact) mass is 638 g/mol. The van der Waals surface area contributed by atoms with E-state index in [0.717, 1.165) is 5.56 Å². The van der Waals surface area contributed by atoms with Crippen LogP contribution in [0.3, 0.4) is 0 Å². The number of ether oxygens (including phenoxy) is 5. The van der Waals surface area contributed by atoms with Gasteiger partial charge in [0.05, 0.1) is 38.7 Å². The Hall–Kier alpha value is -4.94. The molecule has 0 unspecified atom stereocenters. The second-order valence-electron chi connectivity index (χ2n) is 9.71. The molecule has 0 saturated carbocycles. The minimum atomic E-state index is -1.18.